The lowest BCUT2D eigenvalue weighted by molar-refractivity contribution is -0.286. The molecule has 1 amide bonds. The number of rotatable bonds is 3. The SMILES string of the molecule is NS(=O)(=O)c1ccc(C(=O)Nc2nc3cc4c(cc3[nH]2)OC(F)(F)O4)cn1. The van der Waals surface area contributed by atoms with Gasteiger partial charge in [-0.3, -0.25) is 10.1 Å². The molecule has 0 fully saturated rings. The van der Waals surface area contributed by atoms with E-state index in [9.17, 15) is 22.0 Å². The zero-order chi connectivity index (χ0) is 19.4. The number of nitrogens with two attached hydrogens (primary N) is 1. The number of ether oxygens (including phenoxy) is 2. The van der Waals surface area contributed by atoms with E-state index < -0.39 is 22.2 Å². The minimum atomic E-state index is -3.97. The Morgan fingerprint density at radius 1 is 1.22 bits per heavy atom. The number of pyridine rings is 1. The number of nitrogens with one attached hydrogen (secondary N) is 2. The van der Waals surface area contributed by atoms with Crippen LogP contribution in [0.15, 0.2) is 35.5 Å². The molecule has 0 aliphatic carbocycles. The van der Waals surface area contributed by atoms with E-state index in [2.05, 4.69) is 29.7 Å². The molecule has 140 valence electrons. The Morgan fingerprint density at radius 3 is 2.56 bits per heavy atom. The predicted octanol–water partition coefficient (Wildman–Crippen LogP) is 1.18. The number of benzene rings is 1. The third-order valence-corrected chi connectivity index (χ3v) is 4.35. The van der Waals surface area contributed by atoms with Crippen LogP contribution in [-0.4, -0.2) is 35.6 Å². The number of carbonyl (C=O) groups is 1. The number of hydrogen-bond donors (Lipinski definition) is 3. The normalized spacial score (nSPS) is 15.1. The molecule has 0 saturated heterocycles. The Balaban J connectivity index is 1.56. The Bertz CT molecular complexity index is 1130. The van der Waals surface area contributed by atoms with Crippen LogP contribution >= 0.6 is 0 Å². The highest BCUT2D eigenvalue weighted by Crippen LogP contribution is 2.42. The molecule has 0 bridgehead atoms. The molecule has 1 aliphatic rings. The minimum absolute atomic E-state index is 0.0287. The fourth-order valence-corrected chi connectivity index (χ4v) is 2.83. The molecule has 0 spiro atoms. The highest BCUT2D eigenvalue weighted by Gasteiger charge is 2.43. The molecule has 0 saturated carbocycles. The number of anilines is 1. The summed E-state index contributed by atoms with van der Waals surface area (Å²) in [5.74, 6) is -0.952. The molecule has 1 aromatic carbocycles. The van der Waals surface area contributed by atoms with Crippen molar-refractivity contribution >= 4 is 32.9 Å². The number of aromatic amines is 1. The summed E-state index contributed by atoms with van der Waals surface area (Å²) in [4.78, 5) is 22.6. The molecule has 4 rings (SSSR count). The summed E-state index contributed by atoms with van der Waals surface area (Å²) < 4.78 is 57.1. The van der Waals surface area contributed by atoms with Gasteiger partial charge in [0, 0.05) is 18.3 Å². The van der Waals surface area contributed by atoms with E-state index in [1.165, 1.54) is 18.2 Å². The van der Waals surface area contributed by atoms with E-state index in [1.54, 1.807) is 0 Å². The molecule has 13 heteroatoms. The van der Waals surface area contributed by atoms with Crippen molar-refractivity contribution in [2.75, 3.05) is 5.32 Å². The number of nitrogens with zero attached hydrogens (tertiary/aromatic N) is 2. The predicted molar refractivity (Wildman–Crippen MR) is 85.9 cm³/mol. The monoisotopic (exact) mass is 397 g/mol. The van der Waals surface area contributed by atoms with Gasteiger partial charge in [-0.15, -0.1) is 8.78 Å². The van der Waals surface area contributed by atoms with Gasteiger partial charge in [-0.2, -0.15) is 0 Å². The fourth-order valence-electron chi connectivity index (χ4n) is 2.38. The van der Waals surface area contributed by atoms with Gasteiger partial charge in [0.25, 0.3) is 15.9 Å². The van der Waals surface area contributed by atoms with Crippen LogP contribution in [-0.2, 0) is 10.0 Å². The van der Waals surface area contributed by atoms with E-state index >= 15 is 0 Å². The number of imidazole rings is 1. The van der Waals surface area contributed by atoms with Gasteiger partial charge >= 0.3 is 6.29 Å². The molecular formula is C14H9F2N5O5S. The maximum absolute atomic E-state index is 13.1. The standard InChI is InChI=1S/C14H9F2N5O5S/c15-14(16)25-9-3-7-8(4-10(9)26-14)20-13(19-7)21-12(22)6-1-2-11(18-5-6)27(17,23)24/h1-5H,(H2,17,23,24)(H2,19,20,21,22). The topological polar surface area (TPSA) is 149 Å². The van der Waals surface area contributed by atoms with Crippen molar-refractivity contribution in [3.8, 4) is 11.5 Å². The minimum Gasteiger partial charge on any atom is -0.395 e. The van der Waals surface area contributed by atoms with Crippen LogP contribution in [0.4, 0.5) is 14.7 Å². The van der Waals surface area contributed by atoms with Crippen LogP contribution in [0.5, 0.6) is 11.5 Å². The number of H-pyrrole nitrogens is 1. The summed E-state index contributed by atoms with van der Waals surface area (Å²) >= 11 is 0. The molecule has 27 heavy (non-hydrogen) atoms. The number of sulfonamides is 1. The van der Waals surface area contributed by atoms with E-state index in [-0.39, 0.29) is 33.6 Å². The smallest absolute Gasteiger partial charge is 0.395 e. The summed E-state index contributed by atoms with van der Waals surface area (Å²) in [5.41, 5.74) is 0.637. The van der Waals surface area contributed by atoms with Gasteiger partial charge in [0.2, 0.25) is 5.95 Å². The molecule has 10 nitrogen and oxygen atoms in total. The Hall–Kier alpha value is -3.32. The summed E-state index contributed by atoms with van der Waals surface area (Å²) in [6.45, 7) is 0. The van der Waals surface area contributed by atoms with Crippen molar-refractivity contribution in [2.24, 2.45) is 5.14 Å². The molecule has 0 radical (unpaired) electrons. The van der Waals surface area contributed by atoms with Gasteiger partial charge in [0.15, 0.2) is 16.5 Å². The summed E-state index contributed by atoms with van der Waals surface area (Å²) in [5, 5.41) is 6.99. The van der Waals surface area contributed by atoms with Crippen molar-refractivity contribution in [1.82, 2.24) is 15.0 Å². The van der Waals surface area contributed by atoms with E-state index in [4.69, 9.17) is 5.14 Å². The number of carbonyl (C=O) groups excluding carboxylic acids is 1. The highest BCUT2D eigenvalue weighted by atomic mass is 32.2. The maximum Gasteiger partial charge on any atom is 0.586 e. The van der Waals surface area contributed by atoms with Crippen LogP contribution in [0.3, 0.4) is 0 Å². The van der Waals surface area contributed by atoms with Crippen LogP contribution < -0.4 is 19.9 Å². The van der Waals surface area contributed by atoms with E-state index in [0.29, 0.717) is 5.52 Å². The zero-order valence-electron chi connectivity index (χ0n) is 13.1. The molecule has 3 heterocycles. The molecule has 3 aromatic rings. The average molecular weight is 397 g/mol. The molecule has 0 unspecified atom stereocenters. The molecular weight excluding hydrogens is 388 g/mol. The largest absolute Gasteiger partial charge is 0.586 e. The quantitative estimate of drug-likeness (QED) is 0.601. The Kier molecular flexibility index (Phi) is 3.54. The second-order valence-electron chi connectivity index (χ2n) is 5.45. The lowest BCUT2D eigenvalue weighted by Crippen LogP contribution is -2.25. The average Bonchev–Trinajstić information content (AvgIpc) is 3.08. The van der Waals surface area contributed by atoms with Gasteiger partial charge in [-0.25, -0.2) is 23.5 Å². The van der Waals surface area contributed by atoms with Gasteiger partial charge in [0.05, 0.1) is 16.6 Å². The first-order valence-corrected chi connectivity index (χ1v) is 8.75. The molecule has 0 atom stereocenters. The lowest BCUT2D eigenvalue weighted by Gasteiger charge is -2.04. The maximum atomic E-state index is 13.1. The Labute approximate surface area is 149 Å². The van der Waals surface area contributed by atoms with Crippen LogP contribution in [0.25, 0.3) is 11.0 Å². The van der Waals surface area contributed by atoms with Gasteiger partial charge < -0.3 is 14.5 Å². The van der Waals surface area contributed by atoms with Crippen LogP contribution in [0.1, 0.15) is 10.4 Å². The summed E-state index contributed by atoms with van der Waals surface area (Å²) in [6, 6.07) is 4.81. The first-order chi connectivity index (χ1) is 12.6. The van der Waals surface area contributed by atoms with Crippen molar-refractivity contribution in [1.29, 1.82) is 0 Å². The van der Waals surface area contributed by atoms with E-state index in [0.717, 1.165) is 12.3 Å². The zero-order valence-corrected chi connectivity index (χ0v) is 13.9. The number of alkyl halides is 2. The third kappa shape index (κ3) is 3.24. The van der Waals surface area contributed by atoms with Crippen LogP contribution in [0.2, 0.25) is 0 Å². The first kappa shape index (κ1) is 17.1. The second-order valence-corrected chi connectivity index (χ2v) is 6.96. The van der Waals surface area contributed by atoms with Crippen molar-refractivity contribution in [3.63, 3.8) is 0 Å². The van der Waals surface area contributed by atoms with Gasteiger partial charge in [-0.05, 0) is 12.1 Å². The van der Waals surface area contributed by atoms with Crippen LogP contribution in [0, 0.1) is 0 Å². The second kappa shape index (κ2) is 5.59. The summed E-state index contributed by atoms with van der Waals surface area (Å²) in [7, 11) is -3.97. The third-order valence-electron chi connectivity index (χ3n) is 3.53. The molecule has 2 aromatic heterocycles. The molecule has 4 N–H and O–H groups in total. The van der Waals surface area contributed by atoms with Crippen molar-refractivity contribution in [2.45, 2.75) is 11.3 Å². The highest BCUT2D eigenvalue weighted by molar-refractivity contribution is 7.89. The van der Waals surface area contributed by atoms with Crippen molar-refractivity contribution < 1.29 is 31.5 Å². The Morgan fingerprint density at radius 2 is 1.93 bits per heavy atom. The number of primary sulfonamides is 1. The number of aromatic nitrogens is 3. The van der Waals surface area contributed by atoms with Gasteiger partial charge in [0.1, 0.15) is 0 Å². The van der Waals surface area contributed by atoms with Crippen molar-refractivity contribution in [3.05, 3.63) is 36.0 Å². The fraction of sp³-hybridized carbons (Fsp3) is 0.0714. The van der Waals surface area contributed by atoms with Gasteiger partial charge in [-0.1, -0.05) is 0 Å². The first-order valence-electron chi connectivity index (χ1n) is 7.20. The molecule has 1 aliphatic heterocycles. The number of hydrogen-bond acceptors (Lipinski definition) is 7. The summed E-state index contributed by atoms with van der Waals surface area (Å²) in [6.07, 6.45) is -2.70. The number of halogens is 2. The number of amides is 1. The lowest BCUT2D eigenvalue weighted by atomic mass is 10.3. The number of fused-ring (bicyclic) bond motifs is 2. The van der Waals surface area contributed by atoms with E-state index in [1.807, 2.05) is 0 Å².